The Labute approximate surface area is 107 Å². The van der Waals surface area contributed by atoms with Gasteiger partial charge in [-0.2, -0.15) is 18.4 Å². The van der Waals surface area contributed by atoms with Crippen molar-refractivity contribution in [1.82, 2.24) is 0 Å². The third-order valence-electron chi connectivity index (χ3n) is 3.50. The van der Waals surface area contributed by atoms with Crippen LogP contribution in [0.1, 0.15) is 20.3 Å². The Balaban J connectivity index is 2.77. The predicted octanol–water partition coefficient (Wildman–Crippen LogP) is 3.27. The summed E-state index contributed by atoms with van der Waals surface area (Å²) in [6, 6.07) is 1.63. The largest absolute Gasteiger partial charge is 0.421 e. The fraction of sp³-hybridized carbons (Fsp3) is 0.900. The van der Waals surface area contributed by atoms with E-state index in [-0.39, 0.29) is 0 Å². The fourth-order valence-electron chi connectivity index (χ4n) is 2.28. The summed E-state index contributed by atoms with van der Waals surface area (Å²) >= 11 is 10.5. The molecule has 0 bridgehead atoms. The number of rotatable bonds is 3. The van der Waals surface area contributed by atoms with Crippen molar-refractivity contribution >= 4 is 23.2 Å². The molecule has 17 heavy (non-hydrogen) atoms. The van der Waals surface area contributed by atoms with E-state index in [1.54, 1.807) is 19.9 Å². The number of hydrogen-bond donors (Lipinski definition) is 1. The Hall–Kier alpha value is -0.180. The van der Waals surface area contributed by atoms with Gasteiger partial charge in [-0.05, 0) is 17.8 Å². The van der Waals surface area contributed by atoms with Crippen molar-refractivity contribution in [3.8, 4) is 6.07 Å². The van der Waals surface area contributed by atoms with Gasteiger partial charge in [-0.3, -0.25) is 0 Å². The molecule has 0 aromatic carbocycles. The van der Waals surface area contributed by atoms with Crippen molar-refractivity contribution < 1.29 is 18.3 Å². The highest BCUT2D eigenvalue weighted by Gasteiger charge is 2.66. The van der Waals surface area contributed by atoms with Gasteiger partial charge in [0.2, 0.25) is 4.33 Å². The second kappa shape index (κ2) is 4.18. The van der Waals surface area contributed by atoms with Crippen LogP contribution in [0.15, 0.2) is 0 Å². The number of alkyl halides is 5. The Morgan fingerprint density at radius 2 is 1.88 bits per heavy atom. The third kappa shape index (κ3) is 2.64. The Bertz CT molecular complexity index is 348. The standard InChI is InChI=1S/C10H12Cl2F3NO/c1-8(2)5(7(8)6(17)4-16)3-9(11,12)10(13,14)15/h5-7,17H,3H2,1-2H3/t5-,6?,7-/m1/s1. The average Bonchev–Trinajstić information content (AvgIpc) is 2.64. The molecular weight excluding hydrogens is 278 g/mol. The van der Waals surface area contributed by atoms with E-state index in [4.69, 9.17) is 28.5 Å². The number of nitrogens with zero attached hydrogens (tertiary/aromatic N) is 1. The first-order valence-electron chi connectivity index (χ1n) is 4.97. The van der Waals surface area contributed by atoms with Gasteiger partial charge >= 0.3 is 6.18 Å². The van der Waals surface area contributed by atoms with Crippen LogP contribution < -0.4 is 0 Å². The second-order valence-electron chi connectivity index (χ2n) is 4.93. The van der Waals surface area contributed by atoms with E-state index in [0.29, 0.717) is 0 Å². The summed E-state index contributed by atoms with van der Waals surface area (Å²) in [6.07, 6.45) is -6.53. The zero-order valence-electron chi connectivity index (χ0n) is 9.22. The van der Waals surface area contributed by atoms with Crippen molar-refractivity contribution in [2.24, 2.45) is 17.3 Å². The van der Waals surface area contributed by atoms with Gasteiger partial charge in [-0.15, -0.1) is 0 Å². The lowest BCUT2D eigenvalue weighted by molar-refractivity contribution is -0.144. The summed E-state index contributed by atoms with van der Waals surface area (Å²) < 4.78 is 34.6. The molecule has 1 unspecified atom stereocenters. The Kier molecular flexibility index (Phi) is 3.66. The molecule has 0 radical (unpaired) electrons. The summed E-state index contributed by atoms with van der Waals surface area (Å²) in [5, 5.41) is 17.9. The summed E-state index contributed by atoms with van der Waals surface area (Å²) in [4.78, 5) is 0. The van der Waals surface area contributed by atoms with Crippen LogP contribution in [0.5, 0.6) is 0 Å². The Morgan fingerprint density at radius 3 is 2.24 bits per heavy atom. The number of aliphatic hydroxyl groups excluding tert-OH is 1. The second-order valence-corrected chi connectivity index (χ2v) is 6.42. The molecule has 1 N–H and O–H groups in total. The third-order valence-corrected chi connectivity index (χ3v) is 4.24. The minimum atomic E-state index is -4.73. The van der Waals surface area contributed by atoms with Gasteiger partial charge in [0, 0.05) is 5.92 Å². The first kappa shape index (κ1) is 14.9. The normalized spacial score (nSPS) is 29.6. The minimum absolute atomic E-state index is 0.518. The SMILES string of the molecule is CC1(C)[C@H](CC(Cl)(Cl)C(F)(F)F)[C@@H]1C(O)C#N. The predicted molar refractivity (Wildman–Crippen MR) is 57.5 cm³/mol. The summed E-state index contributed by atoms with van der Waals surface area (Å²) in [7, 11) is 0. The monoisotopic (exact) mass is 289 g/mol. The van der Waals surface area contributed by atoms with Crippen molar-refractivity contribution in [2.75, 3.05) is 0 Å². The number of nitriles is 1. The van der Waals surface area contributed by atoms with Crippen LogP contribution in [0.3, 0.4) is 0 Å². The summed E-state index contributed by atoms with van der Waals surface area (Å²) in [5.41, 5.74) is -0.560. The highest BCUT2D eigenvalue weighted by Crippen LogP contribution is 2.65. The van der Waals surface area contributed by atoms with E-state index in [0.717, 1.165) is 0 Å². The molecule has 7 heteroatoms. The van der Waals surface area contributed by atoms with E-state index < -0.39 is 40.3 Å². The minimum Gasteiger partial charge on any atom is -0.378 e. The van der Waals surface area contributed by atoms with Crippen LogP contribution in [-0.4, -0.2) is 21.7 Å². The number of hydrogen-bond acceptors (Lipinski definition) is 2. The zero-order valence-corrected chi connectivity index (χ0v) is 10.7. The molecule has 1 rings (SSSR count). The van der Waals surface area contributed by atoms with Crippen LogP contribution in [0, 0.1) is 28.6 Å². The van der Waals surface area contributed by atoms with Gasteiger partial charge in [-0.25, -0.2) is 0 Å². The quantitative estimate of drug-likeness (QED) is 0.640. The molecule has 0 aromatic heterocycles. The van der Waals surface area contributed by atoms with Crippen LogP contribution in [0.2, 0.25) is 0 Å². The van der Waals surface area contributed by atoms with Gasteiger partial charge in [0.1, 0.15) is 6.10 Å². The maximum Gasteiger partial charge on any atom is 0.421 e. The van der Waals surface area contributed by atoms with Crippen LogP contribution >= 0.6 is 23.2 Å². The van der Waals surface area contributed by atoms with E-state index in [9.17, 15) is 18.3 Å². The first-order chi connectivity index (χ1) is 7.45. The molecule has 1 aliphatic carbocycles. The van der Waals surface area contributed by atoms with Gasteiger partial charge in [0.15, 0.2) is 0 Å². The van der Waals surface area contributed by atoms with E-state index in [1.807, 2.05) is 0 Å². The van der Waals surface area contributed by atoms with Crippen molar-refractivity contribution in [3.05, 3.63) is 0 Å². The molecule has 0 heterocycles. The molecule has 0 spiro atoms. The molecule has 1 fully saturated rings. The van der Waals surface area contributed by atoms with Crippen LogP contribution in [-0.2, 0) is 0 Å². The first-order valence-corrected chi connectivity index (χ1v) is 5.73. The lowest BCUT2D eigenvalue weighted by atomic mass is 10.1. The molecule has 3 atom stereocenters. The zero-order chi connectivity index (χ0) is 13.6. The molecule has 0 amide bonds. The topological polar surface area (TPSA) is 44.0 Å². The highest BCUT2D eigenvalue weighted by atomic mass is 35.5. The van der Waals surface area contributed by atoms with Crippen LogP contribution in [0.25, 0.3) is 0 Å². The molecular formula is C10H12Cl2F3NO. The molecule has 0 aromatic rings. The molecule has 1 aliphatic rings. The molecule has 0 saturated heterocycles. The van der Waals surface area contributed by atoms with Gasteiger partial charge in [0.05, 0.1) is 6.07 Å². The lowest BCUT2D eigenvalue weighted by Gasteiger charge is -2.23. The smallest absolute Gasteiger partial charge is 0.378 e. The average molecular weight is 290 g/mol. The van der Waals surface area contributed by atoms with E-state index in [1.165, 1.54) is 0 Å². The molecule has 98 valence electrons. The van der Waals surface area contributed by atoms with Crippen molar-refractivity contribution in [3.63, 3.8) is 0 Å². The van der Waals surface area contributed by atoms with Gasteiger partial charge in [-0.1, -0.05) is 37.0 Å². The van der Waals surface area contributed by atoms with Crippen molar-refractivity contribution in [2.45, 2.75) is 36.9 Å². The maximum atomic E-state index is 12.5. The fourth-order valence-corrected chi connectivity index (χ4v) is 2.61. The van der Waals surface area contributed by atoms with Gasteiger partial charge < -0.3 is 5.11 Å². The number of aliphatic hydroxyl groups is 1. The summed E-state index contributed by atoms with van der Waals surface area (Å²) in [5.74, 6) is -1.04. The van der Waals surface area contributed by atoms with E-state index >= 15 is 0 Å². The summed E-state index contributed by atoms with van der Waals surface area (Å²) in [6.45, 7) is 3.37. The van der Waals surface area contributed by atoms with Crippen molar-refractivity contribution in [1.29, 1.82) is 5.26 Å². The molecule has 1 saturated carbocycles. The van der Waals surface area contributed by atoms with E-state index in [2.05, 4.69) is 0 Å². The lowest BCUT2D eigenvalue weighted by Crippen LogP contribution is -2.35. The highest BCUT2D eigenvalue weighted by molar-refractivity contribution is 6.49. The maximum absolute atomic E-state index is 12.5. The van der Waals surface area contributed by atoms with Gasteiger partial charge in [0.25, 0.3) is 0 Å². The molecule has 0 aliphatic heterocycles. The number of halogens is 5. The molecule has 2 nitrogen and oxygen atoms in total. The Morgan fingerprint density at radius 1 is 1.41 bits per heavy atom. The van der Waals surface area contributed by atoms with Crippen LogP contribution in [0.4, 0.5) is 13.2 Å².